The first-order valence-corrected chi connectivity index (χ1v) is 24.2. The lowest BCUT2D eigenvalue weighted by Gasteiger charge is -2.32. The van der Waals surface area contributed by atoms with Crippen molar-refractivity contribution in [2.75, 3.05) is 66.5 Å². The summed E-state index contributed by atoms with van der Waals surface area (Å²) < 4.78 is 5.81. The molecule has 24 nitrogen and oxygen atoms in total. The first-order valence-electron chi connectivity index (χ1n) is 22.6. The van der Waals surface area contributed by atoms with Crippen molar-refractivity contribution >= 4 is 102 Å². The Kier molecular flexibility index (Phi) is 23.8. The minimum Gasteiger partial charge on any atom is -0.478 e. The van der Waals surface area contributed by atoms with Gasteiger partial charge in [-0.25, -0.2) is 48.7 Å². The van der Waals surface area contributed by atoms with E-state index in [-0.39, 0.29) is 24.9 Å². The number of aliphatic carboxylic acids is 6. The number of piperazine rings is 2. The fraction of sp³-hybridized carbons (Fsp3) is 0.240. The lowest BCUT2D eigenvalue weighted by Crippen LogP contribution is -2.48. The van der Waals surface area contributed by atoms with Crippen LogP contribution in [0, 0.1) is 0 Å². The van der Waals surface area contributed by atoms with E-state index in [4.69, 9.17) is 40.6 Å². The molecule has 2 aliphatic rings. The summed E-state index contributed by atoms with van der Waals surface area (Å²) in [4.78, 5) is 110. The third kappa shape index (κ3) is 20.1. The highest BCUT2D eigenvalue weighted by Crippen LogP contribution is 2.28. The third-order valence-corrected chi connectivity index (χ3v) is 11.6. The topological polar surface area (TPSA) is 332 Å². The van der Waals surface area contributed by atoms with Crippen LogP contribution in [0.15, 0.2) is 131 Å². The van der Waals surface area contributed by atoms with Gasteiger partial charge in [0.05, 0.1) is 0 Å². The average Bonchev–Trinajstić information content (AvgIpc) is 3.93. The number of pyridine rings is 2. The standard InChI is InChI=1S/2C19H20BrN5O.3C4H4O4/c2*1-23-8-10-24(11-9-23)17(26)13-25-18(14-4-2-5-15(20)12-14)22-16-6-3-7-21-19(16)25;3*5-3(6)1-2-4(7)8/h2*2-7,12H,8-11,13H2,1H3;3*1-2H,(H,5,6)(H,7,8)/b;;3*2-1+. The fourth-order valence-corrected chi connectivity index (χ4v) is 7.72. The van der Waals surface area contributed by atoms with E-state index >= 15 is 0 Å². The molecule has 0 atom stereocenters. The molecular formula is C50H52Br2N10O14. The maximum Gasteiger partial charge on any atom is 0.328 e. The highest BCUT2D eigenvalue weighted by atomic mass is 79.9. The molecule has 0 unspecified atom stereocenters. The summed E-state index contributed by atoms with van der Waals surface area (Å²) in [6.45, 7) is 7.20. The van der Waals surface area contributed by atoms with E-state index in [2.05, 4.69) is 65.7 Å². The summed E-state index contributed by atoms with van der Waals surface area (Å²) >= 11 is 7.03. The number of aromatic nitrogens is 6. The molecule has 6 aromatic rings. The van der Waals surface area contributed by atoms with Crippen LogP contribution in [-0.2, 0) is 51.4 Å². The molecule has 0 saturated carbocycles. The minimum absolute atomic E-state index is 0.110. The van der Waals surface area contributed by atoms with Crippen LogP contribution in [0.1, 0.15) is 0 Å². The van der Waals surface area contributed by atoms with E-state index in [9.17, 15) is 38.4 Å². The molecule has 6 N–H and O–H groups in total. The van der Waals surface area contributed by atoms with Gasteiger partial charge >= 0.3 is 35.8 Å². The van der Waals surface area contributed by atoms with Crippen LogP contribution in [0.2, 0.25) is 0 Å². The summed E-state index contributed by atoms with van der Waals surface area (Å²) in [5.74, 6) is -5.79. The minimum atomic E-state index is -1.26. The molecule has 4 aromatic heterocycles. The van der Waals surface area contributed by atoms with Gasteiger partial charge in [0.1, 0.15) is 35.8 Å². The second-order valence-corrected chi connectivity index (χ2v) is 18.0. The Morgan fingerprint density at radius 2 is 0.763 bits per heavy atom. The number of carboxylic acid groups (broad SMARTS) is 6. The molecule has 6 heterocycles. The van der Waals surface area contributed by atoms with Crippen molar-refractivity contribution in [3.63, 3.8) is 0 Å². The maximum absolute atomic E-state index is 12.9. The SMILES string of the molecule is CN1CCN(C(=O)Cn2c(-c3cccc(Br)c3)nc3cccnc32)CC1.CN1CCN(C(=O)Cn2c(-c3cccc(Br)c3)nc3cccnc32)CC1.O=C(O)/C=C/C(=O)O.O=C(O)/C=C/C(=O)O.O=C(O)/C=C/C(=O)O. The van der Waals surface area contributed by atoms with Crippen LogP contribution in [0.3, 0.4) is 0 Å². The molecule has 2 saturated heterocycles. The average molecular weight is 1180 g/mol. The summed E-state index contributed by atoms with van der Waals surface area (Å²) in [5, 5.41) is 46.9. The highest BCUT2D eigenvalue weighted by Gasteiger charge is 2.24. The van der Waals surface area contributed by atoms with Crippen LogP contribution in [-0.4, -0.2) is 193 Å². The van der Waals surface area contributed by atoms with Crippen LogP contribution < -0.4 is 0 Å². The lowest BCUT2D eigenvalue weighted by molar-refractivity contribution is -0.134. The molecule has 0 radical (unpaired) electrons. The number of hydrogen-bond donors (Lipinski definition) is 6. The summed E-state index contributed by atoms with van der Waals surface area (Å²) in [6.07, 6.45) is 6.83. The number of carbonyl (C=O) groups is 8. The van der Waals surface area contributed by atoms with Gasteiger partial charge in [-0.2, -0.15) is 0 Å². The Morgan fingerprint density at radius 3 is 1.04 bits per heavy atom. The van der Waals surface area contributed by atoms with Gasteiger partial charge in [0.2, 0.25) is 11.8 Å². The second-order valence-electron chi connectivity index (χ2n) is 16.2. The van der Waals surface area contributed by atoms with Gasteiger partial charge in [0, 0.05) is 121 Å². The lowest BCUT2D eigenvalue weighted by atomic mass is 10.2. The molecule has 0 bridgehead atoms. The summed E-state index contributed by atoms with van der Waals surface area (Å²) in [6, 6.07) is 23.5. The molecule has 400 valence electrons. The second kappa shape index (κ2) is 30.0. The van der Waals surface area contributed by atoms with Gasteiger partial charge in [-0.3, -0.25) is 18.7 Å². The fourth-order valence-electron chi connectivity index (χ4n) is 6.92. The number of likely N-dealkylation sites (N-methyl/N-ethyl adjacent to an activating group) is 2. The van der Waals surface area contributed by atoms with Gasteiger partial charge in [0.15, 0.2) is 11.3 Å². The number of amides is 2. The van der Waals surface area contributed by atoms with E-state index < -0.39 is 35.8 Å². The number of rotatable bonds is 12. The molecule has 0 spiro atoms. The van der Waals surface area contributed by atoms with Crippen molar-refractivity contribution in [1.29, 1.82) is 0 Å². The van der Waals surface area contributed by atoms with E-state index in [1.807, 2.05) is 91.7 Å². The monoisotopic (exact) mass is 1170 g/mol. The predicted molar refractivity (Wildman–Crippen MR) is 283 cm³/mol. The molecule has 26 heteroatoms. The van der Waals surface area contributed by atoms with Crippen LogP contribution in [0.5, 0.6) is 0 Å². The van der Waals surface area contributed by atoms with Gasteiger partial charge in [-0.1, -0.05) is 56.1 Å². The number of nitrogens with zero attached hydrogens (tertiary/aromatic N) is 10. The molecular weight excluding hydrogens is 1120 g/mol. The smallest absolute Gasteiger partial charge is 0.328 e. The number of fused-ring (bicyclic) bond motifs is 2. The number of benzene rings is 2. The molecule has 2 aliphatic heterocycles. The summed E-state index contributed by atoms with van der Waals surface area (Å²) in [7, 11) is 4.17. The van der Waals surface area contributed by atoms with E-state index in [0.717, 1.165) is 106 Å². The highest BCUT2D eigenvalue weighted by molar-refractivity contribution is 9.10. The van der Waals surface area contributed by atoms with Gasteiger partial charge in [-0.15, -0.1) is 0 Å². The Morgan fingerprint density at radius 1 is 0.461 bits per heavy atom. The van der Waals surface area contributed by atoms with E-state index in [1.165, 1.54) is 0 Å². The summed E-state index contributed by atoms with van der Waals surface area (Å²) in [5.41, 5.74) is 5.00. The van der Waals surface area contributed by atoms with Gasteiger partial charge in [0.25, 0.3) is 0 Å². The van der Waals surface area contributed by atoms with E-state index in [0.29, 0.717) is 36.5 Å². The van der Waals surface area contributed by atoms with E-state index in [1.54, 1.807) is 12.4 Å². The Balaban J connectivity index is 0.000000232. The molecule has 2 amide bonds. The van der Waals surface area contributed by atoms with Crippen molar-refractivity contribution in [2.24, 2.45) is 0 Å². The first kappa shape index (κ1) is 60.1. The first-order chi connectivity index (χ1) is 36.1. The zero-order valence-corrected chi connectivity index (χ0v) is 44.0. The number of carbonyl (C=O) groups excluding carboxylic acids is 2. The van der Waals surface area contributed by atoms with Crippen LogP contribution >= 0.6 is 31.9 Å². The number of halogens is 2. The largest absolute Gasteiger partial charge is 0.478 e. The van der Waals surface area contributed by atoms with Crippen molar-refractivity contribution in [2.45, 2.75) is 13.1 Å². The van der Waals surface area contributed by atoms with Crippen molar-refractivity contribution in [1.82, 2.24) is 48.7 Å². The molecule has 2 aromatic carbocycles. The zero-order valence-electron chi connectivity index (χ0n) is 40.8. The zero-order chi connectivity index (χ0) is 55.9. The van der Waals surface area contributed by atoms with Crippen molar-refractivity contribution in [3.8, 4) is 22.8 Å². The van der Waals surface area contributed by atoms with Crippen molar-refractivity contribution in [3.05, 3.63) is 131 Å². The van der Waals surface area contributed by atoms with Gasteiger partial charge < -0.3 is 50.2 Å². The third-order valence-electron chi connectivity index (χ3n) is 10.6. The molecule has 76 heavy (non-hydrogen) atoms. The Bertz CT molecular complexity index is 2840. The quantitative estimate of drug-likeness (QED) is 0.0925. The van der Waals surface area contributed by atoms with Gasteiger partial charge in [-0.05, 0) is 62.6 Å². The molecule has 8 rings (SSSR count). The Hall–Kier alpha value is -8.46. The normalized spacial score (nSPS) is 13.6. The van der Waals surface area contributed by atoms with Crippen LogP contribution in [0.4, 0.5) is 0 Å². The Labute approximate surface area is 450 Å². The maximum atomic E-state index is 12.9. The number of carboxylic acids is 6. The number of hydrogen-bond acceptors (Lipinski definition) is 14. The molecule has 2 fully saturated rings. The molecule has 0 aliphatic carbocycles. The number of imidazole rings is 2. The predicted octanol–water partition coefficient (Wildman–Crippen LogP) is 4.41. The van der Waals surface area contributed by atoms with Crippen molar-refractivity contribution < 1.29 is 69.0 Å². The van der Waals surface area contributed by atoms with Crippen LogP contribution in [0.25, 0.3) is 45.1 Å².